The van der Waals surface area contributed by atoms with Crippen molar-refractivity contribution in [2.24, 2.45) is 0 Å². The van der Waals surface area contributed by atoms with Crippen LogP contribution in [-0.4, -0.2) is 31.1 Å². The first-order chi connectivity index (χ1) is 15.2. The van der Waals surface area contributed by atoms with Gasteiger partial charge in [0.15, 0.2) is 11.5 Å². The number of rotatable bonds is 6. The largest absolute Gasteiger partial charge is 0.433 e. The third-order valence-electron chi connectivity index (χ3n) is 4.75. The third-order valence-corrected chi connectivity index (χ3v) is 5.85. The Kier molecular flexibility index (Phi) is 6.06. The Morgan fingerprint density at radius 3 is 2.69 bits per heavy atom. The highest BCUT2D eigenvalue weighted by molar-refractivity contribution is 7.13. The van der Waals surface area contributed by atoms with Crippen molar-refractivity contribution in [1.29, 1.82) is 0 Å². The van der Waals surface area contributed by atoms with Crippen LogP contribution in [0.1, 0.15) is 19.0 Å². The maximum Gasteiger partial charge on any atom is 0.433 e. The number of hydrogen-bond acceptors (Lipinski definition) is 6. The summed E-state index contributed by atoms with van der Waals surface area (Å²) in [5, 5.41) is 19.5. The van der Waals surface area contributed by atoms with Crippen molar-refractivity contribution in [1.82, 2.24) is 19.9 Å². The molecule has 0 aliphatic heterocycles. The molecular weight excluding hydrogens is 472 g/mol. The summed E-state index contributed by atoms with van der Waals surface area (Å²) in [5.41, 5.74) is -1.65. The Balaban J connectivity index is 1.98. The SMILES string of the molecule is CCC(O)Cn1ncc(-c2onc(-c3c(F)cccc3Cl)c2-c2nccs2)c1C(F)(F)F. The van der Waals surface area contributed by atoms with Crippen molar-refractivity contribution in [2.75, 3.05) is 0 Å². The van der Waals surface area contributed by atoms with Gasteiger partial charge in [0, 0.05) is 11.6 Å². The molecule has 0 saturated heterocycles. The van der Waals surface area contributed by atoms with Crippen LogP contribution < -0.4 is 0 Å². The fourth-order valence-electron chi connectivity index (χ4n) is 3.23. The molecule has 32 heavy (non-hydrogen) atoms. The smallest absolute Gasteiger partial charge is 0.391 e. The lowest BCUT2D eigenvalue weighted by Gasteiger charge is -2.14. The van der Waals surface area contributed by atoms with Gasteiger partial charge in [0.1, 0.15) is 16.5 Å². The lowest BCUT2D eigenvalue weighted by molar-refractivity contribution is -0.144. The van der Waals surface area contributed by atoms with E-state index in [0.717, 1.165) is 23.6 Å². The second-order valence-electron chi connectivity index (χ2n) is 6.82. The minimum absolute atomic E-state index is 0.0143. The Morgan fingerprint density at radius 2 is 2.06 bits per heavy atom. The standard InChI is InChI=1S/C20H15ClF4N4O2S/c1-2-10(30)9-29-18(20(23,24)25)11(8-27-29)17-15(19-26-6-7-32-19)16(28-31-17)14-12(21)4-3-5-13(14)22/h3-8,10,30H,2,9H2,1H3. The summed E-state index contributed by atoms with van der Waals surface area (Å²) >= 11 is 7.29. The summed E-state index contributed by atoms with van der Waals surface area (Å²) in [6.45, 7) is 1.28. The van der Waals surface area contributed by atoms with Crippen molar-refractivity contribution < 1.29 is 27.2 Å². The number of alkyl halides is 3. The molecule has 12 heteroatoms. The van der Waals surface area contributed by atoms with E-state index in [-0.39, 0.29) is 45.6 Å². The number of hydrogen-bond donors (Lipinski definition) is 1. The fraction of sp³-hybridized carbons (Fsp3) is 0.250. The van der Waals surface area contributed by atoms with Crippen LogP contribution in [0.2, 0.25) is 5.02 Å². The fourth-order valence-corrected chi connectivity index (χ4v) is 4.16. The second-order valence-corrected chi connectivity index (χ2v) is 8.12. The van der Waals surface area contributed by atoms with E-state index < -0.39 is 29.4 Å². The molecule has 4 rings (SSSR count). The van der Waals surface area contributed by atoms with E-state index in [9.17, 15) is 22.7 Å². The van der Waals surface area contributed by atoms with E-state index in [1.807, 2.05) is 0 Å². The second kappa shape index (κ2) is 8.64. The molecule has 0 radical (unpaired) electrons. The molecule has 0 aliphatic carbocycles. The van der Waals surface area contributed by atoms with Gasteiger partial charge in [0.05, 0.1) is 40.6 Å². The van der Waals surface area contributed by atoms with E-state index in [0.29, 0.717) is 4.68 Å². The first kappa shape index (κ1) is 22.4. The molecule has 6 nitrogen and oxygen atoms in total. The van der Waals surface area contributed by atoms with E-state index in [1.54, 1.807) is 12.3 Å². The molecule has 0 amide bonds. The van der Waals surface area contributed by atoms with E-state index in [1.165, 1.54) is 18.3 Å². The number of aromatic nitrogens is 4. The topological polar surface area (TPSA) is 77.0 Å². The lowest BCUT2D eigenvalue weighted by Crippen LogP contribution is -2.22. The third kappa shape index (κ3) is 4.03. The predicted octanol–water partition coefficient (Wildman–Crippen LogP) is 5.91. The van der Waals surface area contributed by atoms with Gasteiger partial charge in [0.25, 0.3) is 0 Å². The van der Waals surface area contributed by atoms with Crippen molar-refractivity contribution in [2.45, 2.75) is 32.2 Å². The van der Waals surface area contributed by atoms with Gasteiger partial charge in [-0.15, -0.1) is 11.3 Å². The number of benzene rings is 1. The van der Waals surface area contributed by atoms with Crippen LogP contribution in [0.15, 0.2) is 40.5 Å². The quantitative estimate of drug-likeness (QED) is 0.343. The maximum absolute atomic E-state index is 14.6. The van der Waals surface area contributed by atoms with Crippen LogP contribution in [0.5, 0.6) is 0 Å². The number of thiazole rings is 1. The highest BCUT2D eigenvalue weighted by Gasteiger charge is 2.41. The predicted molar refractivity (Wildman–Crippen MR) is 111 cm³/mol. The summed E-state index contributed by atoms with van der Waals surface area (Å²) in [7, 11) is 0. The van der Waals surface area contributed by atoms with E-state index >= 15 is 0 Å². The zero-order valence-corrected chi connectivity index (χ0v) is 18.0. The average molecular weight is 487 g/mol. The molecule has 0 fully saturated rings. The molecule has 168 valence electrons. The first-order valence-corrected chi connectivity index (χ1v) is 10.6. The molecule has 0 saturated carbocycles. The highest BCUT2D eigenvalue weighted by atomic mass is 35.5. The molecular formula is C20H15ClF4N4O2S. The normalized spacial score (nSPS) is 13.0. The Hall–Kier alpha value is -2.76. The van der Waals surface area contributed by atoms with Gasteiger partial charge in [-0.1, -0.05) is 29.7 Å². The van der Waals surface area contributed by atoms with Crippen molar-refractivity contribution in [3.63, 3.8) is 0 Å². The van der Waals surface area contributed by atoms with Crippen LogP contribution in [-0.2, 0) is 12.7 Å². The molecule has 3 aromatic heterocycles. The van der Waals surface area contributed by atoms with Gasteiger partial charge in [-0.25, -0.2) is 9.37 Å². The molecule has 1 N–H and O–H groups in total. The zero-order chi connectivity index (χ0) is 23.0. The highest BCUT2D eigenvalue weighted by Crippen LogP contribution is 2.46. The Labute approximate surface area is 188 Å². The van der Waals surface area contributed by atoms with Gasteiger partial charge in [-0.05, 0) is 18.6 Å². The van der Waals surface area contributed by atoms with Gasteiger partial charge in [0.2, 0.25) is 0 Å². The van der Waals surface area contributed by atoms with Crippen molar-refractivity contribution >= 4 is 22.9 Å². The number of aliphatic hydroxyl groups is 1. The van der Waals surface area contributed by atoms with Gasteiger partial charge in [-0.3, -0.25) is 4.68 Å². The number of halogens is 5. The molecule has 1 aromatic carbocycles. The number of nitrogens with zero attached hydrogens (tertiary/aromatic N) is 4. The summed E-state index contributed by atoms with van der Waals surface area (Å²) in [6, 6.07) is 3.99. The van der Waals surface area contributed by atoms with Crippen molar-refractivity contribution in [3.8, 4) is 33.2 Å². The van der Waals surface area contributed by atoms with E-state index in [2.05, 4.69) is 15.2 Å². The molecule has 0 aliphatic rings. The molecule has 0 spiro atoms. The van der Waals surface area contributed by atoms with Crippen molar-refractivity contribution in [3.05, 3.63) is 52.5 Å². The maximum atomic E-state index is 14.6. The molecule has 4 aromatic rings. The Bertz CT molecular complexity index is 1220. The minimum atomic E-state index is -4.82. The van der Waals surface area contributed by atoms with Crippen LogP contribution in [0, 0.1) is 5.82 Å². The Morgan fingerprint density at radius 1 is 1.28 bits per heavy atom. The summed E-state index contributed by atoms with van der Waals surface area (Å²) < 4.78 is 62.7. The van der Waals surface area contributed by atoms with Crippen LogP contribution in [0.25, 0.3) is 33.2 Å². The lowest BCUT2D eigenvalue weighted by atomic mass is 10.0. The van der Waals surface area contributed by atoms with Gasteiger partial charge >= 0.3 is 6.18 Å². The van der Waals surface area contributed by atoms with Crippen LogP contribution in [0.3, 0.4) is 0 Å². The molecule has 0 bridgehead atoms. The molecule has 1 atom stereocenters. The minimum Gasteiger partial charge on any atom is -0.391 e. The van der Waals surface area contributed by atoms with Gasteiger partial charge < -0.3 is 9.63 Å². The number of aliphatic hydroxyl groups excluding tert-OH is 1. The molecule has 3 heterocycles. The van der Waals surface area contributed by atoms with E-state index in [4.69, 9.17) is 16.1 Å². The van der Waals surface area contributed by atoms with Crippen LogP contribution >= 0.6 is 22.9 Å². The van der Waals surface area contributed by atoms with Gasteiger partial charge in [-0.2, -0.15) is 18.3 Å². The molecule has 1 unspecified atom stereocenters. The van der Waals surface area contributed by atoms with Crippen LogP contribution in [0.4, 0.5) is 17.6 Å². The average Bonchev–Trinajstić information content (AvgIpc) is 3.46. The monoisotopic (exact) mass is 486 g/mol. The first-order valence-electron chi connectivity index (χ1n) is 9.37. The summed E-state index contributed by atoms with van der Waals surface area (Å²) in [5.74, 6) is -0.994. The summed E-state index contributed by atoms with van der Waals surface area (Å²) in [4.78, 5) is 4.16. The zero-order valence-electron chi connectivity index (χ0n) is 16.4. The summed E-state index contributed by atoms with van der Waals surface area (Å²) in [6.07, 6.45) is -3.16.